The van der Waals surface area contributed by atoms with Gasteiger partial charge in [-0.25, -0.2) is 9.37 Å². The molecule has 0 atom stereocenters. The number of pyridine rings is 1. The number of nitrogens with two attached hydrogens (primary N) is 1. The van der Waals surface area contributed by atoms with Crippen LogP contribution in [0.2, 0.25) is 0 Å². The maximum atomic E-state index is 13.3. The van der Waals surface area contributed by atoms with Gasteiger partial charge in [0.05, 0.1) is 16.3 Å². The molecular weight excluding hydrogens is 437 g/mol. The average molecular weight is 458 g/mol. The number of aliphatic hydroxyl groups is 1. The van der Waals surface area contributed by atoms with Crippen molar-refractivity contribution < 1.29 is 13.9 Å². The van der Waals surface area contributed by atoms with Crippen molar-refractivity contribution in [2.75, 3.05) is 0 Å². The highest BCUT2D eigenvalue weighted by atomic mass is 35.5. The van der Waals surface area contributed by atoms with Crippen LogP contribution >= 0.6 is 23.4 Å². The predicted molar refractivity (Wildman–Crippen MR) is 123 cm³/mol. The third kappa shape index (κ3) is 5.85. The lowest BCUT2D eigenvalue weighted by Gasteiger charge is -2.17. The van der Waals surface area contributed by atoms with Gasteiger partial charge in [-0.2, -0.15) is 0 Å². The molecule has 0 fully saturated rings. The topological polar surface area (TPSA) is 85.2 Å². The van der Waals surface area contributed by atoms with Crippen molar-refractivity contribution in [3.8, 4) is 22.8 Å². The number of hydrogen-bond donors (Lipinski definition) is 2. The van der Waals surface area contributed by atoms with Crippen molar-refractivity contribution in [1.82, 2.24) is 9.97 Å². The third-order valence-corrected chi connectivity index (χ3v) is 5.32. The number of nitrogens with zero attached hydrogens (tertiary/aromatic N) is 2. The van der Waals surface area contributed by atoms with Gasteiger partial charge in [-0.1, -0.05) is 36.0 Å². The van der Waals surface area contributed by atoms with Gasteiger partial charge in [-0.3, -0.25) is 4.98 Å². The molecule has 0 aliphatic rings. The Balaban J connectivity index is 2.00. The molecule has 0 saturated carbocycles. The van der Waals surface area contributed by atoms with E-state index in [1.165, 1.54) is 30.1 Å². The van der Waals surface area contributed by atoms with Gasteiger partial charge >= 0.3 is 0 Å². The summed E-state index contributed by atoms with van der Waals surface area (Å²) in [6.07, 6.45) is 6.18. The van der Waals surface area contributed by atoms with Gasteiger partial charge in [-0.05, 0) is 56.3 Å². The molecule has 0 unspecified atom stereocenters. The molecule has 2 heterocycles. The van der Waals surface area contributed by atoms with Crippen LogP contribution in [0.3, 0.4) is 0 Å². The summed E-state index contributed by atoms with van der Waals surface area (Å²) in [5.41, 5.74) is 6.71. The summed E-state index contributed by atoms with van der Waals surface area (Å²) >= 11 is 7.14. The van der Waals surface area contributed by atoms with E-state index in [-0.39, 0.29) is 5.82 Å². The molecule has 0 saturated heterocycles. The van der Waals surface area contributed by atoms with Crippen molar-refractivity contribution in [2.24, 2.45) is 5.73 Å². The molecule has 3 aromatic rings. The molecule has 160 valence electrons. The average Bonchev–Trinajstić information content (AvgIpc) is 3.15. The Hall–Kier alpha value is -2.87. The number of rotatable bonds is 7. The molecule has 2 aromatic heterocycles. The molecule has 0 aliphatic carbocycles. The molecule has 31 heavy (non-hydrogen) atoms. The van der Waals surface area contributed by atoms with Crippen molar-refractivity contribution in [3.63, 3.8) is 0 Å². The smallest absolute Gasteiger partial charge is 0.228 e. The van der Waals surface area contributed by atoms with Crippen molar-refractivity contribution in [3.05, 3.63) is 88.8 Å². The van der Waals surface area contributed by atoms with E-state index in [1.807, 2.05) is 0 Å². The zero-order chi connectivity index (χ0) is 22.6. The number of allylic oxidation sites excluding steroid dienone is 3. The van der Waals surface area contributed by atoms with Crippen LogP contribution in [0, 0.1) is 5.82 Å². The summed E-state index contributed by atoms with van der Waals surface area (Å²) in [4.78, 5) is 9.66. The van der Waals surface area contributed by atoms with E-state index < -0.39 is 5.60 Å². The lowest BCUT2D eigenvalue weighted by Crippen LogP contribution is -2.15. The van der Waals surface area contributed by atoms with Crippen LogP contribution in [0.25, 0.3) is 22.8 Å². The Kier molecular flexibility index (Phi) is 7.00. The van der Waals surface area contributed by atoms with Crippen molar-refractivity contribution in [1.29, 1.82) is 0 Å². The normalized spacial score (nSPS) is 12.5. The van der Waals surface area contributed by atoms with Crippen LogP contribution < -0.4 is 5.73 Å². The first-order valence-corrected chi connectivity index (χ1v) is 10.4. The van der Waals surface area contributed by atoms with E-state index in [1.54, 1.807) is 56.5 Å². The van der Waals surface area contributed by atoms with Crippen LogP contribution in [0.4, 0.5) is 4.39 Å². The first-order valence-electron chi connectivity index (χ1n) is 9.25. The van der Waals surface area contributed by atoms with Gasteiger partial charge in [0.15, 0.2) is 5.09 Å². The minimum Gasteiger partial charge on any atom is -0.429 e. The number of halogens is 2. The number of benzene rings is 1. The molecule has 0 spiro atoms. The van der Waals surface area contributed by atoms with Gasteiger partial charge in [-0.15, -0.1) is 0 Å². The minimum absolute atomic E-state index is 0.322. The molecule has 3 rings (SSSR count). The zero-order valence-electron chi connectivity index (χ0n) is 17.0. The van der Waals surface area contributed by atoms with Crippen molar-refractivity contribution in [2.45, 2.75) is 24.5 Å². The lowest BCUT2D eigenvalue weighted by atomic mass is 10.0. The minimum atomic E-state index is -1.01. The molecule has 8 heteroatoms. The first-order chi connectivity index (χ1) is 14.7. The maximum absolute atomic E-state index is 13.3. The Labute approximate surface area is 189 Å². The summed E-state index contributed by atoms with van der Waals surface area (Å²) in [6, 6.07) is 9.39. The highest BCUT2D eigenvalue weighted by Gasteiger charge is 2.21. The number of thioether (sulfide) groups is 1. The molecule has 0 radical (unpaired) electrons. The number of hydrogen-bond acceptors (Lipinski definition) is 6. The molecule has 1 aromatic carbocycles. The van der Waals surface area contributed by atoms with Crippen LogP contribution in [-0.4, -0.2) is 15.1 Å². The van der Waals surface area contributed by atoms with E-state index in [0.717, 1.165) is 0 Å². The summed E-state index contributed by atoms with van der Waals surface area (Å²) in [5.74, 6) is -0.0279. The predicted octanol–water partition coefficient (Wildman–Crippen LogP) is 5.97. The van der Waals surface area contributed by atoms with Crippen LogP contribution in [0.5, 0.6) is 0 Å². The summed E-state index contributed by atoms with van der Waals surface area (Å²) in [7, 11) is 0. The van der Waals surface area contributed by atoms with Crippen LogP contribution in [-0.2, 0) is 5.60 Å². The Morgan fingerprint density at radius 3 is 2.52 bits per heavy atom. The van der Waals surface area contributed by atoms with Gasteiger partial charge in [0.25, 0.3) is 0 Å². The van der Waals surface area contributed by atoms with Gasteiger partial charge in [0.1, 0.15) is 11.5 Å². The molecule has 5 nitrogen and oxygen atoms in total. The van der Waals surface area contributed by atoms with E-state index in [9.17, 15) is 9.50 Å². The molecular formula is C23H21ClFN3O2S. The number of oxazole rings is 1. The fraction of sp³-hybridized carbons (Fsp3) is 0.130. The largest absolute Gasteiger partial charge is 0.429 e. The van der Waals surface area contributed by atoms with E-state index in [4.69, 9.17) is 21.8 Å². The third-order valence-electron chi connectivity index (χ3n) is 4.21. The van der Waals surface area contributed by atoms with E-state index >= 15 is 0 Å². The Morgan fingerprint density at radius 2 is 1.94 bits per heavy atom. The standard InChI is InChI=1S/C23H21ClFN3O2S/c1-14(4-8-17(24)12-26)31-22-20(19-11-7-16(13-27-19)23(2,3)29)28-21(30-22)15-5-9-18(25)10-6-15/h4-13,29H,1,26H2,2-3H3/b8-4-,17-12+. The summed E-state index contributed by atoms with van der Waals surface area (Å²) < 4.78 is 19.3. The second-order valence-corrected chi connectivity index (χ2v) is 8.64. The Bertz CT molecular complexity index is 1130. The highest BCUT2D eigenvalue weighted by Crippen LogP contribution is 2.38. The zero-order valence-corrected chi connectivity index (χ0v) is 18.5. The molecule has 0 amide bonds. The number of aromatic nitrogens is 2. The summed E-state index contributed by atoms with van der Waals surface area (Å²) in [6.45, 7) is 7.36. The van der Waals surface area contributed by atoms with Gasteiger partial charge < -0.3 is 15.3 Å². The monoisotopic (exact) mass is 457 g/mol. The SMILES string of the molecule is C=C(/C=C\C(Cl)=C/N)Sc1oc(-c2ccc(F)cc2)nc1-c1ccc(C(C)(C)O)cn1. The molecule has 0 bridgehead atoms. The van der Waals surface area contributed by atoms with Gasteiger partial charge in [0.2, 0.25) is 5.89 Å². The first kappa shape index (κ1) is 22.8. The quantitative estimate of drug-likeness (QED) is 0.335. The highest BCUT2D eigenvalue weighted by molar-refractivity contribution is 8.03. The van der Waals surface area contributed by atoms with E-state index in [2.05, 4.69) is 16.5 Å². The van der Waals surface area contributed by atoms with Crippen molar-refractivity contribution >= 4 is 23.4 Å². The fourth-order valence-electron chi connectivity index (χ4n) is 2.53. The van der Waals surface area contributed by atoms with E-state index in [0.29, 0.717) is 43.4 Å². The maximum Gasteiger partial charge on any atom is 0.228 e. The Morgan fingerprint density at radius 1 is 1.23 bits per heavy atom. The van der Waals surface area contributed by atoms with Gasteiger partial charge in [0, 0.05) is 28.4 Å². The molecule has 3 N–H and O–H groups in total. The fourth-order valence-corrected chi connectivity index (χ4v) is 3.33. The second-order valence-electron chi connectivity index (χ2n) is 7.11. The lowest BCUT2D eigenvalue weighted by molar-refractivity contribution is 0.0782. The second kappa shape index (κ2) is 9.51. The molecule has 0 aliphatic heterocycles. The summed E-state index contributed by atoms with van der Waals surface area (Å²) in [5, 5.41) is 11.0. The van der Waals surface area contributed by atoms with Crippen LogP contribution in [0.15, 0.2) is 87.0 Å². The van der Waals surface area contributed by atoms with Crippen LogP contribution in [0.1, 0.15) is 19.4 Å².